The second-order valence-corrected chi connectivity index (χ2v) is 6.08. The van der Waals surface area contributed by atoms with Gasteiger partial charge < -0.3 is 5.32 Å². The maximum atomic E-state index is 5.91. The molecule has 15 heavy (non-hydrogen) atoms. The van der Waals surface area contributed by atoms with Crippen LogP contribution in [0.3, 0.4) is 0 Å². The second-order valence-electron chi connectivity index (χ2n) is 4.54. The molecule has 1 rings (SSSR count). The van der Waals surface area contributed by atoms with Gasteiger partial charge in [0.05, 0.1) is 4.34 Å². The third kappa shape index (κ3) is 4.13. The fraction of sp³-hybridized carbons (Fsp3) is 0.667. The molecule has 0 radical (unpaired) electrons. The van der Waals surface area contributed by atoms with Crippen molar-refractivity contribution < 1.29 is 0 Å². The molecule has 0 fully saturated rings. The molecule has 1 aromatic heterocycles. The van der Waals surface area contributed by atoms with Crippen LogP contribution < -0.4 is 5.32 Å². The summed E-state index contributed by atoms with van der Waals surface area (Å²) in [5.41, 5.74) is 1.29. The Morgan fingerprint density at radius 3 is 2.47 bits per heavy atom. The largest absolute Gasteiger partial charge is 0.310 e. The molecule has 1 aromatic rings. The van der Waals surface area contributed by atoms with Gasteiger partial charge in [-0.1, -0.05) is 32.4 Å². The highest BCUT2D eigenvalue weighted by molar-refractivity contribution is 7.14. The Labute approximate surface area is 102 Å². The fourth-order valence-corrected chi connectivity index (χ4v) is 2.25. The summed E-state index contributed by atoms with van der Waals surface area (Å²) in [4.78, 5) is 0. The van der Waals surface area contributed by atoms with E-state index >= 15 is 0 Å². The summed E-state index contributed by atoms with van der Waals surface area (Å²) in [7, 11) is 0. The van der Waals surface area contributed by atoms with Crippen molar-refractivity contribution in [1.29, 1.82) is 0 Å². The molecule has 1 N–H and O–H groups in total. The summed E-state index contributed by atoms with van der Waals surface area (Å²) in [6.45, 7) is 10.1. The number of nitrogens with one attached hydrogen (secondary N) is 1. The van der Waals surface area contributed by atoms with Gasteiger partial charge in [-0.2, -0.15) is 0 Å². The number of hydrogen-bond acceptors (Lipinski definition) is 2. The van der Waals surface area contributed by atoms with Crippen LogP contribution >= 0.6 is 22.9 Å². The van der Waals surface area contributed by atoms with Crippen molar-refractivity contribution in [3.63, 3.8) is 0 Å². The van der Waals surface area contributed by atoms with E-state index in [1.165, 1.54) is 5.56 Å². The van der Waals surface area contributed by atoms with Crippen molar-refractivity contribution in [3.05, 3.63) is 21.3 Å². The van der Waals surface area contributed by atoms with Gasteiger partial charge in [-0.3, -0.25) is 0 Å². The highest BCUT2D eigenvalue weighted by Gasteiger charge is 2.11. The van der Waals surface area contributed by atoms with Crippen molar-refractivity contribution in [2.45, 2.75) is 33.7 Å². The Bertz CT molecular complexity index is 296. The van der Waals surface area contributed by atoms with Crippen LogP contribution in [0.4, 0.5) is 0 Å². The Morgan fingerprint density at radius 2 is 2.00 bits per heavy atom. The van der Waals surface area contributed by atoms with E-state index in [1.807, 2.05) is 6.07 Å². The molecule has 1 nitrogen and oxygen atoms in total. The monoisotopic (exact) mass is 245 g/mol. The van der Waals surface area contributed by atoms with E-state index in [2.05, 4.69) is 38.4 Å². The van der Waals surface area contributed by atoms with Crippen LogP contribution in [0.15, 0.2) is 11.4 Å². The minimum atomic E-state index is 0.398. The minimum absolute atomic E-state index is 0.398. The minimum Gasteiger partial charge on any atom is -0.310 e. The molecular formula is C12H20ClNS. The second kappa shape index (κ2) is 5.88. The van der Waals surface area contributed by atoms with Gasteiger partial charge in [0.15, 0.2) is 0 Å². The first-order valence-corrected chi connectivity index (χ1v) is 6.73. The number of rotatable bonds is 5. The van der Waals surface area contributed by atoms with Crippen LogP contribution in [0, 0.1) is 11.8 Å². The van der Waals surface area contributed by atoms with Gasteiger partial charge in [0.2, 0.25) is 0 Å². The predicted octanol–water partition coefficient (Wildman–Crippen LogP) is 4.34. The topological polar surface area (TPSA) is 12.0 Å². The van der Waals surface area contributed by atoms with Gasteiger partial charge in [-0.25, -0.2) is 0 Å². The maximum absolute atomic E-state index is 5.91. The summed E-state index contributed by atoms with van der Waals surface area (Å²) in [5, 5.41) is 5.67. The Balaban J connectivity index is 2.39. The number of hydrogen-bond donors (Lipinski definition) is 1. The molecular weight excluding hydrogens is 226 g/mol. The molecule has 0 saturated carbocycles. The van der Waals surface area contributed by atoms with Gasteiger partial charge >= 0.3 is 0 Å². The average molecular weight is 246 g/mol. The Morgan fingerprint density at radius 1 is 1.33 bits per heavy atom. The first-order valence-electron chi connectivity index (χ1n) is 5.48. The van der Waals surface area contributed by atoms with Crippen LogP contribution in [0.1, 0.15) is 39.3 Å². The lowest BCUT2D eigenvalue weighted by atomic mass is 9.98. The molecule has 0 aliphatic carbocycles. The molecule has 86 valence electrons. The highest BCUT2D eigenvalue weighted by atomic mass is 35.5. The lowest BCUT2D eigenvalue weighted by molar-refractivity contribution is 0.376. The molecule has 2 atom stereocenters. The van der Waals surface area contributed by atoms with Crippen LogP contribution in [0.5, 0.6) is 0 Å². The average Bonchev–Trinajstić information content (AvgIpc) is 2.60. The van der Waals surface area contributed by atoms with E-state index in [1.54, 1.807) is 11.3 Å². The molecule has 3 heteroatoms. The highest BCUT2D eigenvalue weighted by Crippen LogP contribution is 2.24. The third-order valence-electron chi connectivity index (χ3n) is 2.97. The smallest absolute Gasteiger partial charge is 0.0931 e. The molecule has 1 heterocycles. The van der Waals surface area contributed by atoms with Crippen LogP contribution in [0.25, 0.3) is 0 Å². The zero-order valence-corrected chi connectivity index (χ0v) is 11.5. The summed E-state index contributed by atoms with van der Waals surface area (Å²) in [6, 6.07) is 2.44. The SMILES string of the molecule is CC(NCC(C)C(C)C)c1csc(Cl)c1. The Kier molecular flexibility index (Phi) is 5.10. The molecule has 0 amide bonds. The molecule has 0 aliphatic heterocycles. The van der Waals surface area contributed by atoms with Gasteiger partial charge in [-0.05, 0) is 42.3 Å². The van der Waals surface area contributed by atoms with Crippen molar-refractivity contribution in [3.8, 4) is 0 Å². The Hall–Kier alpha value is -0.0500. The lowest BCUT2D eigenvalue weighted by Crippen LogP contribution is -2.26. The quantitative estimate of drug-likeness (QED) is 0.814. The van der Waals surface area contributed by atoms with Crippen LogP contribution in [0.2, 0.25) is 4.34 Å². The van der Waals surface area contributed by atoms with Gasteiger partial charge in [0, 0.05) is 6.04 Å². The molecule has 0 bridgehead atoms. The summed E-state index contributed by atoms with van der Waals surface area (Å²) in [6.07, 6.45) is 0. The first-order chi connectivity index (χ1) is 7.00. The maximum Gasteiger partial charge on any atom is 0.0931 e. The molecule has 2 unspecified atom stereocenters. The number of thiophene rings is 1. The van der Waals surface area contributed by atoms with Gasteiger partial charge in [-0.15, -0.1) is 11.3 Å². The summed E-state index contributed by atoms with van der Waals surface area (Å²) >= 11 is 7.51. The van der Waals surface area contributed by atoms with Gasteiger partial charge in [0.25, 0.3) is 0 Å². The summed E-state index contributed by atoms with van der Waals surface area (Å²) < 4.78 is 0.871. The van der Waals surface area contributed by atoms with Gasteiger partial charge in [0.1, 0.15) is 0 Å². The molecule has 0 aliphatic rings. The zero-order valence-electron chi connectivity index (χ0n) is 9.88. The van der Waals surface area contributed by atoms with Crippen LogP contribution in [-0.4, -0.2) is 6.54 Å². The zero-order chi connectivity index (χ0) is 11.4. The normalized spacial score (nSPS) is 15.6. The first kappa shape index (κ1) is 13.0. The van der Waals surface area contributed by atoms with E-state index in [4.69, 9.17) is 11.6 Å². The fourth-order valence-electron chi connectivity index (χ4n) is 1.27. The van der Waals surface area contributed by atoms with Crippen molar-refractivity contribution in [2.24, 2.45) is 11.8 Å². The van der Waals surface area contributed by atoms with E-state index in [-0.39, 0.29) is 0 Å². The standard InChI is InChI=1S/C12H20ClNS/c1-8(2)9(3)6-14-10(4)11-5-12(13)15-7-11/h5,7-10,14H,6H2,1-4H3. The van der Waals surface area contributed by atoms with E-state index < -0.39 is 0 Å². The van der Waals surface area contributed by atoms with Crippen molar-refractivity contribution >= 4 is 22.9 Å². The van der Waals surface area contributed by atoms with E-state index in [0.29, 0.717) is 12.0 Å². The summed E-state index contributed by atoms with van der Waals surface area (Å²) in [5.74, 6) is 1.44. The third-order valence-corrected chi connectivity index (χ3v) is 4.08. The van der Waals surface area contributed by atoms with E-state index in [9.17, 15) is 0 Å². The molecule has 0 aromatic carbocycles. The lowest BCUT2D eigenvalue weighted by Gasteiger charge is -2.19. The number of halogens is 1. The van der Waals surface area contributed by atoms with Crippen molar-refractivity contribution in [1.82, 2.24) is 5.32 Å². The van der Waals surface area contributed by atoms with E-state index in [0.717, 1.165) is 16.8 Å². The van der Waals surface area contributed by atoms with Crippen molar-refractivity contribution in [2.75, 3.05) is 6.54 Å². The molecule has 0 saturated heterocycles. The predicted molar refractivity (Wildman–Crippen MR) is 69.7 cm³/mol. The molecule has 0 spiro atoms. The van der Waals surface area contributed by atoms with Crippen LogP contribution in [-0.2, 0) is 0 Å².